The van der Waals surface area contributed by atoms with E-state index in [-0.39, 0.29) is 11.6 Å². The number of rotatable bonds is 4. The minimum Gasteiger partial charge on any atom is -0.360 e. The number of fused-ring (bicyclic) bond motifs is 2. The highest BCUT2D eigenvalue weighted by Crippen LogP contribution is 2.27. The van der Waals surface area contributed by atoms with E-state index in [9.17, 15) is 4.79 Å². The molecule has 4 aromatic heterocycles. The summed E-state index contributed by atoms with van der Waals surface area (Å²) in [7, 11) is 0. The first-order valence-corrected chi connectivity index (χ1v) is 9.82. The van der Waals surface area contributed by atoms with Gasteiger partial charge in [-0.15, -0.1) is 0 Å². The summed E-state index contributed by atoms with van der Waals surface area (Å²) in [5.41, 5.74) is 0.226. The summed E-state index contributed by atoms with van der Waals surface area (Å²) in [5.74, 6) is 1.52. The van der Waals surface area contributed by atoms with Crippen molar-refractivity contribution in [3.8, 4) is 5.82 Å². The molecule has 2 N–H and O–H groups in total. The zero-order chi connectivity index (χ0) is 20.0. The van der Waals surface area contributed by atoms with Crippen LogP contribution in [-0.4, -0.2) is 34.1 Å². The van der Waals surface area contributed by atoms with E-state index in [0.717, 1.165) is 10.2 Å². The Labute approximate surface area is 172 Å². The van der Waals surface area contributed by atoms with Crippen molar-refractivity contribution in [1.82, 2.24) is 34.1 Å². The molecule has 0 aliphatic rings. The molecule has 0 spiro atoms. The maximum absolute atomic E-state index is 13.3. The van der Waals surface area contributed by atoms with Crippen LogP contribution in [0.1, 0.15) is 18.8 Å². The van der Waals surface area contributed by atoms with E-state index >= 15 is 0 Å². The lowest BCUT2D eigenvalue weighted by molar-refractivity contribution is 0.720. The van der Waals surface area contributed by atoms with Crippen molar-refractivity contribution in [1.29, 1.82) is 0 Å². The van der Waals surface area contributed by atoms with Gasteiger partial charge in [-0.2, -0.15) is 9.47 Å². The second-order valence-electron chi connectivity index (χ2n) is 6.31. The molecule has 1 atom stereocenters. The zero-order valence-electron chi connectivity index (χ0n) is 15.0. The van der Waals surface area contributed by atoms with Gasteiger partial charge in [-0.3, -0.25) is 9.89 Å². The highest BCUT2D eigenvalue weighted by atomic mass is 35.5. The molecule has 5 aromatic rings. The normalized spacial score (nSPS) is 12.5. The summed E-state index contributed by atoms with van der Waals surface area (Å²) in [6.45, 7) is 1.90. The minimum atomic E-state index is -0.374. The average Bonchev–Trinajstić information content (AvgIpc) is 3.40. The number of hydrogen-bond donors (Lipinski definition) is 2. The van der Waals surface area contributed by atoms with Gasteiger partial charge in [0.1, 0.15) is 22.8 Å². The molecule has 0 radical (unpaired) electrons. The van der Waals surface area contributed by atoms with E-state index < -0.39 is 0 Å². The highest BCUT2D eigenvalue weighted by Gasteiger charge is 2.21. The van der Waals surface area contributed by atoms with Gasteiger partial charge < -0.3 is 5.32 Å². The van der Waals surface area contributed by atoms with Crippen molar-refractivity contribution in [3.63, 3.8) is 0 Å². The first-order chi connectivity index (χ1) is 14.1. The van der Waals surface area contributed by atoms with E-state index in [1.807, 2.05) is 6.92 Å². The second-order valence-corrected chi connectivity index (χ2v) is 7.50. The van der Waals surface area contributed by atoms with Crippen molar-refractivity contribution in [2.24, 2.45) is 0 Å². The molecule has 1 aromatic carbocycles. The fourth-order valence-electron chi connectivity index (χ4n) is 3.18. The molecule has 11 heteroatoms. The van der Waals surface area contributed by atoms with E-state index in [1.54, 1.807) is 36.7 Å². The van der Waals surface area contributed by atoms with Crippen molar-refractivity contribution >= 4 is 50.1 Å². The van der Waals surface area contributed by atoms with E-state index in [2.05, 4.69) is 29.9 Å². The molecule has 0 saturated heterocycles. The van der Waals surface area contributed by atoms with Crippen LogP contribution >= 0.6 is 23.1 Å². The largest absolute Gasteiger partial charge is 0.360 e. The Hall–Kier alpha value is -3.37. The third kappa shape index (κ3) is 2.93. The van der Waals surface area contributed by atoms with Gasteiger partial charge in [-0.1, -0.05) is 17.7 Å². The van der Waals surface area contributed by atoms with Crippen molar-refractivity contribution < 1.29 is 0 Å². The Morgan fingerprint density at radius 3 is 3.00 bits per heavy atom. The lowest BCUT2D eigenvalue weighted by Crippen LogP contribution is -2.28. The predicted molar refractivity (Wildman–Crippen MR) is 112 cm³/mol. The van der Waals surface area contributed by atoms with Crippen LogP contribution in [0.25, 0.3) is 26.9 Å². The highest BCUT2D eigenvalue weighted by molar-refractivity contribution is 7.12. The van der Waals surface area contributed by atoms with Crippen LogP contribution in [0.4, 0.5) is 5.82 Å². The molecule has 5 rings (SSSR count). The minimum absolute atomic E-state index is 0.290. The summed E-state index contributed by atoms with van der Waals surface area (Å²) in [5, 5.41) is 11.7. The van der Waals surface area contributed by atoms with Gasteiger partial charge in [0.05, 0.1) is 33.6 Å². The summed E-state index contributed by atoms with van der Waals surface area (Å²) in [6, 6.07) is 6.53. The Balaban J connectivity index is 1.70. The molecule has 0 unspecified atom stereocenters. The molecule has 144 valence electrons. The van der Waals surface area contributed by atoms with Crippen LogP contribution < -0.4 is 10.9 Å². The molecule has 0 bridgehead atoms. The molecule has 0 aliphatic carbocycles. The van der Waals surface area contributed by atoms with Crippen LogP contribution in [0, 0.1) is 0 Å². The maximum atomic E-state index is 13.3. The molecule has 4 heterocycles. The number of anilines is 1. The summed E-state index contributed by atoms with van der Waals surface area (Å²) in [4.78, 5) is 27.3. The standard InChI is InChI=1S/C18H13ClN8OS/c1-9(24-15-10-7-23-29-17(10)21-8-20-15)16-25-12-4-2-3-11(19)14(12)18(28)27(16)13-5-6-22-26-13/h2-9H,1H3,(H,22,26)(H,20,21,24)/t9-/m0/s1. The van der Waals surface area contributed by atoms with Crippen LogP contribution in [-0.2, 0) is 0 Å². The molecular formula is C18H13ClN8OS. The van der Waals surface area contributed by atoms with Gasteiger partial charge >= 0.3 is 0 Å². The number of halogens is 1. The number of aromatic nitrogens is 7. The average molecular weight is 425 g/mol. The molecule has 29 heavy (non-hydrogen) atoms. The zero-order valence-corrected chi connectivity index (χ0v) is 16.6. The topological polar surface area (TPSA) is 114 Å². The van der Waals surface area contributed by atoms with Gasteiger partial charge in [-0.25, -0.2) is 19.5 Å². The van der Waals surface area contributed by atoms with Crippen molar-refractivity contribution in [3.05, 3.63) is 64.2 Å². The third-order valence-corrected chi connectivity index (χ3v) is 5.52. The Morgan fingerprint density at radius 1 is 1.28 bits per heavy atom. The van der Waals surface area contributed by atoms with Crippen molar-refractivity contribution in [2.45, 2.75) is 13.0 Å². The lowest BCUT2D eigenvalue weighted by Gasteiger charge is -2.19. The van der Waals surface area contributed by atoms with E-state index in [1.165, 1.54) is 22.4 Å². The van der Waals surface area contributed by atoms with Crippen LogP contribution in [0.3, 0.4) is 0 Å². The van der Waals surface area contributed by atoms with E-state index in [4.69, 9.17) is 16.6 Å². The number of nitrogens with one attached hydrogen (secondary N) is 2. The maximum Gasteiger partial charge on any atom is 0.268 e. The number of benzene rings is 1. The molecule has 0 fully saturated rings. The molecule has 0 amide bonds. The molecule has 9 nitrogen and oxygen atoms in total. The van der Waals surface area contributed by atoms with Crippen molar-refractivity contribution in [2.75, 3.05) is 5.32 Å². The third-order valence-electron chi connectivity index (χ3n) is 4.50. The number of nitrogens with zero attached hydrogens (tertiary/aromatic N) is 6. The molecule has 0 aliphatic heterocycles. The fourth-order valence-corrected chi connectivity index (χ4v) is 4.03. The Morgan fingerprint density at radius 2 is 2.17 bits per heavy atom. The first-order valence-electron chi connectivity index (χ1n) is 8.66. The lowest BCUT2D eigenvalue weighted by atomic mass is 10.2. The summed E-state index contributed by atoms with van der Waals surface area (Å²) >= 11 is 7.58. The summed E-state index contributed by atoms with van der Waals surface area (Å²) in [6.07, 6.45) is 4.83. The first kappa shape index (κ1) is 17.7. The van der Waals surface area contributed by atoms with Crippen LogP contribution in [0.2, 0.25) is 5.02 Å². The van der Waals surface area contributed by atoms with Gasteiger partial charge in [0, 0.05) is 12.3 Å². The smallest absolute Gasteiger partial charge is 0.268 e. The number of hydrogen-bond acceptors (Lipinski definition) is 8. The molecule has 0 saturated carbocycles. The fraction of sp³-hybridized carbons (Fsp3) is 0.111. The summed E-state index contributed by atoms with van der Waals surface area (Å²) < 4.78 is 5.62. The monoisotopic (exact) mass is 424 g/mol. The SMILES string of the molecule is C[C@H](Nc1ncnc2sncc12)c1nc2cccc(Cl)c2c(=O)n1-c1cc[nH]n1. The van der Waals surface area contributed by atoms with Gasteiger partial charge in [0.2, 0.25) is 0 Å². The van der Waals surface area contributed by atoms with Gasteiger partial charge in [0.25, 0.3) is 5.56 Å². The van der Waals surface area contributed by atoms with Crippen LogP contribution in [0.5, 0.6) is 0 Å². The Kier molecular flexibility index (Phi) is 4.22. The quantitative estimate of drug-likeness (QED) is 0.454. The van der Waals surface area contributed by atoms with Gasteiger partial charge in [0.15, 0.2) is 5.82 Å². The Bertz CT molecular complexity index is 1390. The number of H-pyrrole nitrogens is 1. The molecular weight excluding hydrogens is 412 g/mol. The van der Waals surface area contributed by atoms with Gasteiger partial charge in [-0.05, 0) is 30.6 Å². The second kappa shape index (κ2) is 6.90. The van der Waals surface area contributed by atoms with Crippen LogP contribution in [0.15, 0.2) is 47.8 Å². The number of aromatic amines is 1. The predicted octanol–water partition coefficient (Wildman–Crippen LogP) is 3.34. The van der Waals surface area contributed by atoms with E-state index in [0.29, 0.717) is 33.4 Å².